The van der Waals surface area contributed by atoms with E-state index < -0.39 is 0 Å². The zero-order chi connectivity index (χ0) is 17.3. The summed E-state index contributed by atoms with van der Waals surface area (Å²) in [4.78, 5) is 14.1. The summed E-state index contributed by atoms with van der Waals surface area (Å²) in [7, 11) is 3.89. The molecule has 5 nitrogen and oxygen atoms in total. The Kier molecular flexibility index (Phi) is 3.06. The van der Waals surface area contributed by atoms with Crippen molar-refractivity contribution in [3.05, 3.63) is 34.9 Å². The Morgan fingerprint density at radius 2 is 2.24 bits per heavy atom. The highest BCUT2D eigenvalue weighted by Crippen LogP contribution is 2.62. The lowest BCUT2D eigenvalue weighted by atomic mass is 9.56. The van der Waals surface area contributed by atoms with Crippen molar-refractivity contribution >= 4 is 5.97 Å². The van der Waals surface area contributed by atoms with Gasteiger partial charge in [-0.2, -0.15) is 0 Å². The van der Waals surface area contributed by atoms with E-state index in [0.29, 0.717) is 6.04 Å². The number of likely N-dealkylation sites (N-methyl/N-ethyl adjacent to an activating group) is 1. The van der Waals surface area contributed by atoms with Crippen molar-refractivity contribution in [3.63, 3.8) is 0 Å². The molecule has 25 heavy (non-hydrogen) atoms. The fourth-order valence-corrected chi connectivity index (χ4v) is 5.55. The van der Waals surface area contributed by atoms with Crippen LogP contribution in [-0.2, 0) is 21.4 Å². The highest BCUT2D eigenvalue weighted by atomic mass is 16.6. The number of methoxy groups -OCH3 is 1. The van der Waals surface area contributed by atoms with Crippen molar-refractivity contribution in [3.8, 4) is 11.5 Å². The molecule has 5 heteroatoms. The molecule has 0 radical (unpaired) electrons. The van der Waals surface area contributed by atoms with E-state index in [4.69, 9.17) is 14.2 Å². The largest absolute Gasteiger partial charge is 0.493 e. The zero-order valence-electron chi connectivity index (χ0n) is 14.9. The van der Waals surface area contributed by atoms with Crippen LogP contribution in [0.3, 0.4) is 0 Å². The molecule has 0 aromatic heterocycles. The average Bonchev–Trinajstić information content (AvgIpc) is 2.94. The van der Waals surface area contributed by atoms with Crippen LogP contribution in [0.5, 0.6) is 11.5 Å². The maximum atomic E-state index is 11.7. The SMILES string of the molecule is COc1ccc2c3c1OC1C(OC(C)=O)CC=C4C(C2)N(C)CCC431. The van der Waals surface area contributed by atoms with E-state index in [1.165, 1.54) is 23.6 Å². The van der Waals surface area contributed by atoms with Crippen LogP contribution in [0.15, 0.2) is 23.8 Å². The van der Waals surface area contributed by atoms with Gasteiger partial charge in [-0.25, -0.2) is 0 Å². The summed E-state index contributed by atoms with van der Waals surface area (Å²) in [6.07, 6.45) is 4.63. The van der Waals surface area contributed by atoms with Crippen LogP contribution < -0.4 is 9.47 Å². The molecular weight excluding hydrogens is 318 g/mol. The molecule has 1 spiro atoms. The quantitative estimate of drug-likeness (QED) is 0.610. The highest BCUT2D eigenvalue weighted by molar-refractivity contribution is 5.68. The van der Waals surface area contributed by atoms with Gasteiger partial charge in [-0.3, -0.25) is 9.69 Å². The molecule has 1 aromatic carbocycles. The Morgan fingerprint density at radius 3 is 3.00 bits per heavy atom. The van der Waals surface area contributed by atoms with Crippen LogP contribution in [0.4, 0.5) is 0 Å². The molecule has 2 aliphatic heterocycles. The average molecular weight is 341 g/mol. The van der Waals surface area contributed by atoms with Crippen LogP contribution in [0, 0.1) is 0 Å². The second-order valence-electron chi connectivity index (χ2n) is 7.63. The third-order valence-electron chi connectivity index (χ3n) is 6.51. The fraction of sp³-hybridized carbons (Fsp3) is 0.550. The number of hydrogen-bond donors (Lipinski definition) is 0. The summed E-state index contributed by atoms with van der Waals surface area (Å²) in [6, 6.07) is 4.60. The van der Waals surface area contributed by atoms with Gasteiger partial charge in [-0.15, -0.1) is 0 Å². The Balaban J connectivity index is 1.75. The van der Waals surface area contributed by atoms with Crippen molar-refractivity contribution < 1.29 is 19.0 Å². The molecule has 0 amide bonds. The van der Waals surface area contributed by atoms with Crippen LogP contribution >= 0.6 is 0 Å². The van der Waals surface area contributed by atoms with Gasteiger partial charge in [-0.1, -0.05) is 12.1 Å². The lowest BCUT2D eigenvalue weighted by Gasteiger charge is -2.54. The van der Waals surface area contributed by atoms with Gasteiger partial charge < -0.3 is 14.2 Å². The molecule has 1 aromatic rings. The monoisotopic (exact) mass is 341 g/mol. The zero-order valence-corrected chi connectivity index (χ0v) is 14.9. The van der Waals surface area contributed by atoms with E-state index in [0.717, 1.165) is 37.3 Å². The standard InChI is InChI=1S/C20H23NO4/c1-11(22)24-16-7-5-13-14-10-12-4-6-15(23-3)18-17(12)20(13,19(16)25-18)8-9-21(14)2/h4-6,14,16,19H,7-10H2,1-3H3. The minimum Gasteiger partial charge on any atom is -0.493 e. The number of hydrogen-bond acceptors (Lipinski definition) is 5. The van der Waals surface area contributed by atoms with Crippen molar-refractivity contribution in [1.29, 1.82) is 0 Å². The molecule has 2 aliphatic carbocycles. The number of carbonyl (C=O) groups excluding carboxylic acids is 1. The number of nitrogens with zero attached hydrogens (tertiary/aromatic N) is 1. The molecule has 4 atom stereocenters. The number of ether oxygens (including phenoxy) is 3. The van der Waals surface area contributed by atoms with E-state index in [1.54, 1.807) is 7.11 Å². The molecule has 2 heterocycles. The maximum Gasteiger partial charge on any atom is 0.303 e. The number of piperidine rings is 1. The van der Waals surface area contributed by atoms with Gasteiger partial charge in [-0.05, 0) is 43.6 Å². The second-order valence-corrected chi connectivity index (χ2v) is 7.63. The third kappa shape index (κ3) is 1.79. The maximum absolute atomic E-state index is 11.7. The second kappa shape index (κ2) is 5.01. The smallest absolute Gasteiger partial charge is 0.303 e. The van der Waals surface area contributed by atoms with E-state index in [2.05, 4.69) is 24.1 Å². The molecule has 2 bridgehead atoms. The third-order valence-corrected chi connectivity index (χ3v) is 6.51. The van der Waals surface area contributed by atoms with Crippen LogP contribution in [-0.4, -0.2) is 49.8 Å². The molecule has 0 saturated carbocycles. The van der Waals surface area contributed by atoms with Gasteiger partial charge in [0.05, 0.1) is 12.5 Å². The molecule has 5 rings (SSSR count). The molecule has 0 N–H and O–H groups in total. The van der Waals surface area contributed by atoms with Crippen LogP contribution in [0.25, 0.3) is 0 Å². The predicted octanol–water partition coefficient (Wildman–Crippen LogP) is 2.22. The number of esters is 1. The van der Waals surface area contributed by atoms with Gasteiger partial charge in [0.1, 0.15) is 12.2 Å². The number of carbonyl (C=O) groups is 1. The predicted molar refractivity (Wildman–Crippen MR) is 92.1 cm³/mol. The normalized spacial score (nSPS) is 34.7. The van der Waals surface area contributed by atoms with Gasteiger partial charge in [0.25, 0.3) is 0 Å². The van der Waals surface area contributed by atoms with Gasteiger partial charge in [0.2, 0.25) is 0 Å². The molecular formula is C20H23NO4. The number of likely N-dealkylation sites (tertiary alicyclic amines) is 1. The van der Waals surface area contributed by atoms with Crippen LogP contribution in [0.2, 0.25) is 0 Å². The number of benzene rings is 1. The van der Waals surface area contributed by atoms with E-state index in [1.807, 2.05) is 6.07 Å². The van der Waals surface area contributed by atoms with E-state index >= 15 is 0 Å². The van der Waals surface area contributed by atoms with Crippen molar-refractivity contribution in [2.24, 2.45) is 0 Å². The topological polar surface area (TPSA) is 48.0 Å². The molecule has 1 fully saturated rings. The minimum atomic E-state index is -0.245. The molecule has 4 aliphatic rings. The molecule has 4 unspecified atom stereocenters. The molecule has 132 valence electrons. The Morgan fingerprint density at radius 1 is 1.40 bits per heavy atom. The van der Waals surface area contributed by atoms with Crippen molar-refractivity contribution in [1.82, 2.24) is 4.90 Å². The highest BCUT2D eigenvalue weighted by Gasteiger charge is 2.63. The lowest BCUT2D eigenvalue weighted by molar-refractivity contribution is -0.153. The number of rotatable bonds is 2. The van der Waals surface area contributed by atoms with Crippen LogP contribution in [0.1, 0.15) is 30.9 Å². The summed E-state index contributed by atoms with van der Waals surface area (Å²) < 4.78 is 17.7. The summed E-state index contributed by atoms with van der Waals surface area (Å²) >= 11 is 0. The Hall–Kier alpha value is -2.01. The first kappa shape index (κ1) is 15.3. The summed E-state index contributed by atoms with van der Waals surface area (Å²) in [5.74, 6) is 1.39. The van der Waals surface area contributed by atoms with Gasteiger partial charge in [0.15, 0.2) is 11.5 Å². The minimum absolute atomic E-state index is 0.155. The summed E-state index contributed by atoms with van der Waals surface area (Å²) in [6.45, 7) is 2.49. The van der Waals surface area contributed by atoms with E-state index in [9.17, 15) is 4.79 Å². The molecule has 1 saturated heterocycles. The van der Waals surface area contributed by atoms with Gasteiger partial charge in [0, 0.05) is 24.9 Å². The Bertz CT molecular complexity index is 801. The first-order chi connectivity index (χ1) is 12.1. The Labute approximate surface area is 147 Å². The lowest BCUT2D eigenvalue weighted by Crippen LogP contribution is -2.61. The van der Waals surface area contributed by atoms with Gasteiger partial charge >= 0.3 is 5.97 Å². The summed E-state index contributed by atoms with van der Waals surface area (Å²) in [5, 5.41) is 0. The fourth-order valence-electron chi connectivity index (χ4n) is 5.55. The van der Waals surface area contributed by atoms with Crippen molar-refractivity contribution in [2.45, 2.75) is 49.9 Å². The first-order valence-corrected chi connectivity index (χ1v) is 9.01. The van der Waals surface area contributed by atoms with Crippen molar-refractivity contribution in [2.75, 3.05) is 20.7 Å². The first-order valence-electron chi connectivity index (χ1n) is 9.01. The van der Waals surface area contributed by atoms with E-state index in [-0.39, 0.29) is 23.6 Å². The summed E-state index contributed by atoms with van der Waals surface area (Å²) in [5.41, 5.74) is 3.90.